The number of benzene rings is 1. The fraction of sp³-hybridized carbons (Fsp3) is 0.238. The zero-order chi connectivity index (χ0) is 19.4. The summed E-state index contributed by atoms with van der Waals surface area (Å²) in [4.78, 5) is 13.2. The van der Waals surface area contributed by atoms with Gasteiger partial charge in [0.1, 0.15) is 0 Å². The number of carbonyl (C=O) groups is 1. The molecule has 2 amide bonds. The first kappa shape index (κ1) is 18.9. The largest absolute Gasteiger partial charge is 0.399 e. The maximum absolute atomic E-state index is 12.2. The SMILES string of the molecule is C=C(N)c1c(CC)nsc1-c1ccc(NC(=O)NC2=CC=CCC2)cc1C. The van der Waals surface area contributed by atoms with Crippen LogP contribution in [0.25, 0.3) is 16.1 Å². The lowest BCUT2D eigenvalue weighted by Gasteiger charge is -2.13. The van der Waals surface area contributed by atoms with Crippen molar-refractivity contribution in [2.45, 2.75) is 33.1 Å². The van der Waals surface area contributed by atoms with E-state index >= 15 is 0 Å². The second-order valence-electron chi connectivity index (χ2n) is 6.48. The molecule has 1 aliphatic carbocycles. The zero-order valence-electron chi connectivity index (χ0n) is 15.6. The van der Waals surface area contributed by atoms with E-state index in [1.54, 1.807) is 0 Å². The lowest BCUT2D eigenvalue weighted by Crippen LogP contribution is -2.28. The standard InChI is InChI=1S/C21H24N4OS/c1-4-18-19(14(3)22)20(27-25-18)17-11-10-16(12-13(17)2)24-21(26)23-15-8-6-5-7-9-15/h5-6,8,10-12H,3-4,7,9,22H2,1-2H3,(H2,23,24,26). The molecule has 1 aromatic carbocycles. The number of allylic oxidation sites excluding steroid dienone is 4. The molecule has 4 N–H and O–H groups in total. The highest BCUT2D eigenvalue weighted by Gasteiger charge is 2.17. The van der Waals surface area contributed by atoms with Crippen molar-refractivity contribution in [1.29, 1.82) is 0 Å². The van der Waals surface area contributed by atoms with Crippen molar-refractivity contribution >= 4 is 28.9 Å². The first-order chi connectivity index (χ1) is 13.0. The Morgan fingerprint density at radius 3 is 2.81 bits per heavy atom. The van der Waals surface area contributed by atoms with Gasteiger partial charge in [0.2, 0.25) is 0 Å². The summed E-state index contributed by atoms with van der Waals surface area (Å²) < 4.78 is 4.52. The molecule has 0 bridgehead atoms. The highest BCUT2D eigenvalue weighted by molar-refractivity contribution is 7.10. The third kappa shape index (κ3) is 4.28. The average molecular weight is 381 g/mol. The molecular weight excluding hydrogens is 356 g/mol. The Balaban J connectivity index is 1.79. The summed E-state index contributed by atoms with van der Waals surface area (Å²) in [5.74, 6) is 0. The third-order valence-corrected chi connectivity index (χ3v) is 5.35. The van der Waals surface area contributed by atoms with Gasteiger partial charge in [-0.2, -0.15) is 4.37 Å². The van der Waals surface area contributed by atoms with Crippen LogP contribution in [0.15, 0.2) is 48.7 Å². The molecule has 0 aliphatic heterocycles. The van der Waals surface area contributed by atoms with E-state index in [4.69, 9.17) is 5.73 Å². The van der Waals surface area contributed by atoms with E-state index in [1.165, 1.54) is 11.5 Å². The van der Waals surface area contributed by atoms with E-state index in [0.717, 1.165) is 57.9 Å². The van der Waals surface area contributed by atoms with Crippen LogP contribution in [0, 0.1) is 6.92 Å². The maximum Gasteiger partial charge on any atom is 0.323 e. The Hall–Kier alpha value is -2.86. The van der Waals surface area contributed by atoms with Gasteiger partial charge in [-0.3, -0.25) is 0 Å². The minimum atomic E-state index is -0.231. The molecule has 5 nitrogen and oxygen atoms in total. The zero-order valence-corrected chi connectivity index (χ0v) is 16.5. The lowest BCUT2D eigenvalue weighted by atomic mass is 10.0. The number of nitrogens with zero attached hydrogens (tertiary/aromatic N) is 1. The predicted octanol–water partition coefficient (Wildman–Crippen LogP) is 4.97. The predicted molar refractivity (Wildman–Crippen MR) is 113 cm³/mol. The molecule has 6 heteroatoms. The Morgan fingerprint density at radius 1 is 1.37 bits per heavy atom. The quantitative estimate of drug-likeness (QED) is 0.685. The number of carbonyl (C=O) groups excluding carboxylic acids is 1. The van der Waals surface area contributed by atoms with Gasteiger partial charge in [-0.1, -0.05) is 31.7 Å². The van der Waals surface area contributed by atoms with Crippen LogP contribution in [0.4, 0.5) is 10.5 Å². The summed E-state index contributed by atoms with van der Waals surface area (Å²) >= 11 is 1.43. The second-order valence-corrected chi connectivity index (χ2v) is 7.25. The summed E-state index contributed by atoms with van der Waals surface area (Å²) in [6.07, 6.45) is 8.57. The number of nitrogens with one attached hydrogen (secondary N) is 2. The van der Waals surface area contributed by atoms with Crippen LogP contribution in [0.1, 0.15) is 36.6 Å². The normalized spacial score (nSPS) is 13.2. The number of aryl methyl sites for hydroxylation is 2. The molecule has 0 saturated carbocycles. The second kappa shape index (κ2) is 8.22. The van der Waals surface area contributed by atoms with E-state index < -0.39 is 0 Å². The summed E-state index contributed by atoms with van der Waals surface area (Å²) in [6.45, 7) is 7.98. The Bertz CT molecular complexity index is 940. The van der Waals surface area contributed by atoms with Crippen molar-refractivity contribution in [1.82, 2.24) is 9.69 Å². The van der Waals surface area contributed by atoms with Crippen molar-refractivity contribution in [2.75, 3.05) is 5.32 Å². The number of rotatable bonds is 5. The first-order valence-corrected chi connectivity index (χ1v) is 9.75. The van der Waals surface area contributed by atoms with E-state index in [9.17, 15) is 4.79 Å². The minimum Gasteiger partial charge on any atom is -0.399 e. The highest BCUT2D eigenvalue weighted by atomic mass is 32.1. The molecule has 1 aliphatic rings. The van der Waals surface area contributed by atoms with Gasteiger partial charge in [0.05, 0.1) is 10.6 Å². The van der Waals surface area contributed by atoms with Gasteiger partial charge in [0.15, 0.2) is 0 Å². The molecule has 1 aromatic heterocycles. The minimum absolute atomic E-state index is 0.231. The molecule has 3 rings (SSSR count). The number of aromatic nitrogens is 1. The van der Waals surface area contributed by atoms with Crippen molar-refractivity contribution in [3.05, 3.63) is 65.5 Å². The van der Waals surface area contributed by atoms with Gasteiger partial charge in [-0.15, -0.1) is 0 Å². The van der Waals surface area contributed by atoms with Crippen molar-refractivity contribution < 1.29 is 4.79 Å². The molecule has 0 atom stereocenters. The van der Waals surface area contributed by atoms with Crippen molar-refractivity contribution in [3.63, 3.8) is 0 Å². The molecule has 27 heavy (non-hydrogen) atoms. The molecule has 0 radical (unpaired) electrons. The number of nitrogens with two attached hydrogens (primary N) is 1. The maximum atomic E-state index is 12.2. The average Bonchev–Trinajstić information content (AvgIpc) is 3.06. The van der Waals surface area contributed by atoms with Gasteiger partial charge >= 0.3 is 6.03 Å². The Morgan fingerprint density at radius 2 is 2.19 bits per heavy atom. The van der Waals surface area contributed by atoms with Crippen molar-refractivity contribution in [2.24, 2.45) is 5.73 Å². The topological polar surface area (TPSA) is 80.0 Å². The van der Waals surface area contributed by atoms with E-state index in [0.29, 0.717) is 5.70 Å². The van der Waals surface area contributed by atoms with Crippen LogP contribution in [-0.4, -0.2) is 10.4 Å². The lowest BCUT2D eigenvalue weighted by molar-refractivity contribution is 0.254. The van der Waals surface area contributed by atoms with Crippen LogP contribution >= 0.6 is 11.5 Å². The summed E-state index contributed by atoms with van der Waals surface area (Å²) in [5.41, 5.74) is 12.2. The number of anilines is 1. The summed E-state index contributed by atoms with van der Waals surface area (Å²) in [6, 6.07) is 5.61. The number of urea groups is 1. The van der Waals surface area contributed by atoms with Crippen molar-refractivity contribution in [3.8, 4) is 10.4 Å². The Labute approximate surface area is 163 Å². The number of hydrogen-bond acceptors (Lipinski definition) is 4. The molecule has 0 spiro atoms. The summed E-state index contributed by atoms with van der Waals surface area (Å²) in [7, 11) is 0. The van der Waals surface area contributed by atoms with Crippen LogP contribution in [0.3, 0.4) is 0 Å². The number of amides is 2. The molecule has 1 heterocycles. The van der Waals surface area contributed by atoms with E-state index in [1.807, 2.05) is 37.3 Å². The molecule has 2 aromatic rings. The third-order valence-electron chi connectivity index (χ3n) is 4.44. The highest BCUT2D eigenvalue weighted by Crippen LogP contribution is 2.36. The van der Waals surface area contributed by atoms with E-state index in [-0.39, 0.29) is 6.03 Å². The van der Waals surface area contributed by atoms with Crippen LogP contribution in [-0.2, 0) is 6.42 Å². The van der Waals surface area contributed by atoms with Gasteiger partial charge in [-0.25, -0.2) is 4.79 Å². The smallest absolute Gasteiger partial charge is 0.323 e. The van der Waals surface area contributed by atoms with Gasteiger partial charge in [0.25, 0.3) is 0 Å². The number of hydrogen-bond donors (Lipinski definition) is 3. The van der Waals surface area contributed by atoms with E-state index in [2.05, 4.69) is 34.6 Å². The molecule has 0 unspecified atom stereocenters. The molecule has 140 valence electrons. The Kier molecular flexibility index (Phi) is 5.76. The monoisotopic (exact) mass is 380 g/mol. The fourth-order valence-corrected chi connectivity index (χ4v) is 4.18. The summed E-state index contributed by atoms with van der Waals surface area (Å²) in [5, 5.41) is 5.78. The molecular formula is C21H24N4OS. The van der Waals surface area contributed by atoms with Crippen LogP contribution in [0.5, 0.6) is 0 Å². The fourth-order valence-electron chi connectivity index (χ4n) is 3.09. The first-order valence-electron chi connectivity index (χ1n) is 8.97. The van der Waals surface area contributed by atoms with Gasteiger partial charge in [0, 0.05) is 22.6 Å². The van der Waals surface area contributed by atoms with Crippen LogP contribution < -0.4 is 16.4 Å². The molecule has 0 saturated heterocycles. The van der Waals surface area contributed by atoms with Gasteiger partial charge in [-0.05, 0) is 67.1 Å². The molecule has 0 fully saturated rings. The van der Waals surface area contributed by atoms with Crippen LogP contribution in [0.2, 0.25) is 0 Å². The van der Waals surface area contributed by atoms with Gasteiger partial charge < -0.3 is 16.4 Å².